The van der Waals surface area contributed by atoms with Crippen molar-refractivity contribution in [3.8, 4) is 0 Å². The first-order chi connectivity index (χ1) is 5.95. The number of nitrogens with zero attached hydrogens (tertiary/aromatic N) is 2. The fourth-order valence-corrected chi connectivity index (χ4v) is 1.33. The van der Waals surface area contributed by atoms with E-state index in [2.05, 4.69) is 12.8 Å². The second-order valence-corrected chi connectivity index (χ2v) is 3.66. The Bertz CT molecular complexity index is 431. The number of hydrogen-bond donors (Lipinski definition) is 1. The van der Waals surface area contributed by atoms with Crippen molar-refractivity contribution in [2.45, 2.75) is 19.8 Å². The zero-order chi connectivity index (χ0) is 10.2. The summed E-state index contributed by atoms with van der Waals surface area (Å²) >= 11 is 3.92. The standard InChI is InChI=1S/C8H12N2O2S/c1-5(2)6-4-10(13)8(12)9(3)7(6)11/h4-5,13H,1-3H3. The summed E-state index contributed by atoms with van der Waals surface area (Å²) in [6, 6.07) is 0. The monoisotopic (exact) mass is 200 g/mol. The number of aromatic nitrogens is 2. The molecule has 0 bridgehead atoms. The average Bonchev–Trinajstić information content (AvgIpc) is 2.07. The Morgan fingerprint density at radius 3 is 2.38 bits per heavy atom. The van der Waals surface area contributed by atoms with E-state index in [1.54, 1.807) is 0 Å². The van der Waals surface area contributed by atoms with Gasteiger partial charge in [0.1, 0.15) is 0 Å². The Morgan fingerprint density at radius 1 is 1.38 bits per heavy atom. The maximum atomic E-state index is 11.5. The van der Waals surface area contributed by atoms with Gasteiger partial charge in [-0.1, -0.05) is 26.7 Å². The normalized spacial score (nSPS) is 10.8. The topological polar surface area (TPSA) is 44.0 Å². The highest BCUT2D eigenvalue weighted by atomic mass is 32.1. The molecule has 0 saturated heterocycles. The Morgan fingerprint density at radius 2 is 1.92 bits per heavy atom. The first-order valence-electron chi connectivity index (χ1n) is 3.97. The van der Waals surface area contributed by atoms with Gasteiger partial charge in [0.05, 0.1) is 0 Å². The minimum absolute atomic E-state index is 0.0951. The van der Waals surface area contributed by atoms with Gasteiger partial charge in [-0.25, -0.2) is 8.77 Å². The maximum Gasteiger partial charge on any atom is 0.340 e. The molecule has 0 amide bonds. The molecule has 0 aliphatic heterocycles. The Kier molecular flexibility index (Phi) is 2.66. The average molecular weight is 200 g/mol. The van der Waals surface area contributed by atoms with E-state index < -0.39 is 5.69 Å². The molecule has 1 aromatic heterocycles. The van der Waals surface area contributed by atoms with Crippen molar-refractivity contribution >= 4 is 12.8 Å². The summed E-state index contributed by atoms with van der Waals surface area (Å²) in [6.45, 7) is 3.80. The highest BCUT2D eigenvalue weighted by molar-refractivity contribution is 7.78. The zero-order valence-corrected chi connectivity index (χ0v) is 8.71. The highest BCUT2D eigenvalue weighted by Gasteiger charge is 2.09. The minimum Gasteiger partial charge on any atom is -0.269 e. The maximum absolute atomic E-state index is 11.5. The van der Waals surface area contributed by atoms with Crippen molar-refractivity contribution in [2.75, 3.05) is 0 Å². The van der Waals surface area contributed by atoms with E-state index in [4.69, 9.17) is 0 Å². The number of thiol groups is 1. The highest BCUT2D eigenvalue weighted by Crippen LogP contribution is 2.06. The third-order valence-electron chi connectivity index (χ3n) is 1.92. The van der Waals surface area contributed by atoms with Crippen molar-refractivity contribution < 1.29 is 0 Å². The molecule has 0 N–H and O–H groups in total. The molecular weight excluding hydrogens is 188 g/mol. The van der Waals surface area contributed by atoms with Gasteiger partial charge in [-0.2, -0.15) is 0 Å². The zero-order valence-electron chi connectivity index (χ0n) is 7.81. The fraction of sp³-hybridized carbons (Fsp3) is 0.500. The van der Waals surface area contributed by atoms with Gasteiger partial charge >= 0.3 is 5.69 Å². The van der Waals surface area contributed by atoms with Crippen molar-refractivity contribution in [2.24, 2.45) is 7.05 Å². The van der Waals surface area contributed by atoms with E-state index in [0.29, 0.717) is 5.56 Å². The molecule has 0 unspecified atom stereocenters. The summed E-state index contributed by atoms with van der Waals surface area (Å²) in [5.74, 6) is 0.0951. The van der Waals surface area contributed by atoms with Crippen LogP contribution in [0.4, 0.5) is 0 Å². The molecule has 13 heavy (non-hydrogen) atoms. The Labute approximate surface area is 81.4 Å². The lowest BCUT2D eigenvalue weighted by atomic mass is 10.1. The predicted octanol–water partition coefficient (Wildman–Crippen LogP) is 0.363. The van der Waals surface area contributed by atoms with Gasteiger partial charge in [0.15, 0.2) is 0 Å². The van der Waals surface area contributed by atoms with Gasteiger partial charge in [0, 0.05) is 18.8 Å². The first-order valence-corrected chi connectivity index (χ1v) is 4.37. The molecule has 0 aromatic carbocycles. The van der Waals surface area contributed by atoms with Crippen LogP contribution in [-0.4, -0.2) is 8.54 Å². The van der Waals surface area contributed by atoms with Crippen LogP contribution in [0.2, 0.25) is 0 Å². The second kappa shape index (κ2) is 3.41. The van der Waals surface area contributed by atoms with Crippen LogP contribution in [-0.2, 0) is 7.05 Å². The van der Waals surface area contributed by atoms with E-state index in [-0.39, 0.29) is 11.5 Å². The SMILES string of the molecule is CC(C)c1cn(S)c(=O)n(C)c1=O. The van der Waals surface area contributed by atoms with Crippen LogP contribution in [0, 0.1) is 0 Å². The van der Waals surface area contributed by atoms with Crippen molar-refractivity contribution in [3.05, 3.63) is 32.6 Å². The summed E-state index contributed by atoms with van der Waals surface area (Å²) in [7, 11) is 1.45. The van der Waals surface area contributed by atoms with E-state index in [1.807, 2.05) is 13.8 Å². The molecule has 4 nitrogen and oxygen atoms in total. The summed E-state index contributed by atoms with van der Waals surface area (Å²) in [5.41, 5.74) is -0.0693. The second-order valence-electron chi connectivity index (χ2n) is 3.23. The first kappa shape index (κ1) is 10.1. The minimum atomic E-state index is -0.419. The van der Waals surface area contributed by atoms with Crippen LogP contribution in [0.5, 0.6) is 0 Å². The van der Waals surface area contributed by atoms with Gasteiger partial charge in [0.2, 0.25) is 0 Å². The lowest BCUT2D eigenvalue weighted by molar-refractivity contribution is 0.712. The van der Waals surface area contributed by atoms with Crippen molar-refractivity contribution in [3.63, 3.8) is 0 Å². The molecule has 0 aliphatic carbocycles. The van der Waals surface area contributed by atoms with E-state index in [0.717, 1.165) is 8.54 Å². The lowest BCUT2D eigenvalue weighted by Crippen LogP contribution is -2.37. The molecule has 0 spiro atoms. The summed E-state index contributed by atoms with van der Waals surface area (Å²) in [5, 5.41) is 0. The number of hydrogen-bond acceptors (Lipinski definition) is 3. The Balaban J connectivity index is 3.60. The smallest absolute Gasteiger partial charge is 0.269 e. The molecule has 1 rings (SSSR count). The van der Waals surface area contributed by atoms with E-state index in [1.165, 1.54) is 13.2 Å². The molecule has 1 aromatic rings. The van der Waals surface area contributed by atoms with Crippen LogP contribution in [0.1, 0.15) is 25.3 Å². The van der Waals surface area contributed by atoms with Gasteiger partial charge < -0.3 is 0 Å². The van der Waals surface area contributed by atoms with Crippen LogP contribution >= 0.6 is 12.8 Å². The van der Waals surface area contributed by atoms with Crippen LogP contribution < -0.4 is 11.2 Å². The number of rotatable bonds is 1. The van der Waals surface area contributed by atoms with Crippen LogP contribution in [0.25, 0.3) is 0 Å². The third kappa shape index (κ3) is 1.70. The van der Waals surface area contributed by atoms with Crippen LogP contribution in [0.3, 0.4) is 0 Å². The summed E-state index contributed by atoms with van der Waals surface area (Å²) in [6.07, 6.45) is 1.47. The lowest BCUT2D eigenvalue weighted by Gasteiger charge is -2.07. The molecule has 72 valence electrons. The quantitative estimate of drug-likeness (QED) is 0.665. The van der Waals surface area contributed by atoms with Crippen molar-refractivity contribution in [1.82, 2.24) is 8.54 Å². The summed E-state index contributed by atoms with van der Waals surface area (Å²) < 4.78 is 2.18. The van der Waals surface area contributed by atoms with Crippen molar-refractivity contribution in [1.29, 1.82) is 0 Å². The summed E-state index contributed by atoms with van der Waals surface area (Å²) in [4.78, 5) is 22.7. The van der Waals surface area contributed by atoms with Gasteiger partial charge in [0.25, 0.3) is 5.56 Å². The molecule has 0 fully saturated rings. The predicted molar refractivity (Wildman–Crippen MR) is 54.4 cm³/mol. The molecule has 0 saturated carbocycles. The molecular formula is C8H12N2O2S. The molecule has 0 radical (unpaired) electrons. The van der Waals surface area contributed by atoms with E-state index in [9.17, 15) is 9.59 Å². The molecule has 5 heteroatoms. The fourth-order valence-electron chi connectivity index (χ4n) is 1.07. The molecule has 0 atom stereocenters. The Hall–Kier alpha value is -0.970. The van der Waals surface area contributed by atoms with Gasteiger partial charge in [-0.3, -0.25) is 9.36 Å². The largest absolute Gasteiger partial charge is 0.340 e. The van der Waals surface area contributed by atoms with Gasteiger partial charge in [-0.15, -0.1) is 0 Å². The molecule has 1 heterocycles. The molecule has 0 aliphatic rings. The van der Waals surface area contributed by atoms with Gasteiger partial charge in [-0.05, 0) is 5.92 Å². The van der Waals surface area contributed by atoms with E-state index >= 15 is 0 Å². The van der Waals surface area contributed by atoms with Crippen LogP contribution in [0.15, 0.2) is 15.8 Å². The third-order valence-corrected chi connectivity index (χ3v) is 2.20.